The van der Waals surface area contributed by atoms with E-state index in [-0.39, 0.29) is 5.56 Å². The molecule has 0 amide bonds. The number of aromatic nitrogens is 4. The molecule has 2 aromatic rings. The Morgan fingerprint density at radius 3 is 2.64 bits per heavy atom. The van der Waals surface area contributed by atoms with Gasteiger partial charge in [0.25, 0.3) is 5.56 Å². The molecule has 0 spiro atoms. The third-order valence-corrected chi connectivity index (χ3v) is 5.11. The van der Waals surface area contributed by atoms with Gasteiger partial charge < -0.3 is 9.88 Å². The molecule has 0 aromatic carbocycles. The quantitative estimate of drug-likeness (QED) is 0.910. The van der Waals surface area contributed by atoms with E-state index in [9.17, 15) is 4.79 Å². The van der Waals surface area contributed by atoms with Crippen LogP contribution in [0.1, 0.15) is 42.9 Å². The molecule has 2 aliphatic rings. The Morgan fingerprint density at radius 2 is 1.88 bits per heavy atom. The molecule has 2 fully saturated rings. The topological polar surface area (TPSA) is 78.0 Å². The number of aromatic amines is 1. The predicted octanol–water partition coefficient (Wildman–Crippen LogP) is 1.54. The fourth-order valence-electron chi connectivity index (χ4n) is 3.82. The molecule has 132 valence electrons. The molecule has 7 heteroatoms. The first-order valence-electron chi connectivity index (χ1n) is 9.11. The number of likely N-dealkylation sites (tertiary alicyclic amines) is 1. The Balaban J connectivity index is 1.39. The third kappa shape index (κ3) is 3.87. The lowest BCUT2D eigenvalue weighted by Gasteiger charge is -2.32. The molecular weight excluding hydrogens is 316 g/mol. The summed E-state index contributed by atoms with van der Waals surface area (Å²) in [7, 11) is 0. The van der Waals surface area contributed by atoms with E-state index < -0.39 is 0 Å². The van der Waals surface area contributed by atoms with E-state index in [0.717, 1.165) is 62.8 Å². The van der Waals surface area contributed by atoms with Gasteiger partial charge in [-0.3, -0.25) is 9.69 Å². The number of piperidine rings is 1. The summed E-state index contributed by atoms with van der Waals surface area (Å²) in [5, 5.41) is 0. The van der Waals surface area contributed by atoms with Crippen LogP contribution in [0.4, 0.5) is 5.95 Å². The van der Waals surface area contributed by atoms with Crippen molar-refractivity contribution in [1.82, 2.24) is 24.8 Å². The maximum atomic E-state index is 11.5. The zero-order valence-electron chi connectivity index (χ0n) is 14.4. The van der Waals surface area contributed by atoms with Gasteiger partial charge in [0.15, 0.2) is 0 Å². The number of nitrogens with one attached hydrogen (secondary N) is 1. The van der Waals surface area contributed by atoms with Gasteiger partial charge in [-0.25, -0.2) is 15.0 Å². The van der Waals surface area contributed by atoms with Crippen LogP contribution in [0.15, 0.2) is 29.6 Å². The maximum Gasteiger partial charge on any atom is 0.250 e. The number of H-pyrrole nitrogens is 1. The zero-order valence-corrected chi connectivity index (χ0v) is 14.4. The minimum absolute atomic E-state index is 0.0759. The van der Waals surface area contributed by atoms with Gasteiger partial charge in [0, 0.05) is 56.1 Å². The van der Waals surface area contributed by atoms with Crippen molar-refractivity contribution in [3.8, 4) is 0 Å². The van der Waals surface area contributed by atoms with E-state index in [1.807, 2.05) is 12.4 Å². The van der Waals surface area contributed by atoms with E-state index >= 15 is 0 Å². The standard InChI is InChI=1S/C18H24N6O/c25-17-8-16(21-13-22-17)15-4-3-5-23(12-15)11-14-9-19-18(20-10-14)24-6-1-2-7-24/h8-10,13,15H,1-7,11-12H2,(H,21,22,25). The van der Waals surface area contributed by atoms with Crippen molar-refractivity contribution in [3.63, 3.8) is 0 Å². The second-order valence-corrected chi connectivity index (χ2v) is 7.00. The second kappa shape index (κ2) is 7.31. The largest absolute Gasteiger partial charge is 0.341 e. The van der Waals surface area contributed by atoms with Gasteiger partial charge in [0.05, 0.1) is 12.0 Å². The van der Waals surface area contributed by atoms with E-state index in [1.54, 1.807) is 6.07 Å². The van der Waals surface area contributed by atoms with Gasteiger partial charge in [-0.1, -0.05) is 0 Å². The number of hydrogen-bond donors (Lipinski definition) is 1. The van der Waals surface area contributed by atoms with E-state index in [0.29, 0.717) is 5.92 Å². The highest BCUT2D eigenvalue weighted by atomic mass is 16.1. The number of anilines is 1. The molecule has 1 atom stereocenters. The van der Waals surface area contributed by atoms with Crippen LogP contribution in [-0.2, 0) is 6.54 Å². The lowest BCUT2D eigenvalue weighted by atomic mass is 9.94. The van der Waals surface area contributed by atoms with Crippen molar-refractivity contribution >= 4 is 5.95 Å². The van der Waals surface area contributed by atoms with Gasteiger partial charge in [0.2, 0.25) is 5.95 Å². The van der Waals surface area contributed by atoms with Crippen molar-refractivity contribution in [3.05, 3.63) is 46.4 Å². The molecule has 4 rings (SSSR count). The summed E-state index contributed by atoms with van der Waals surface area (Å²) in [6.45, 7) is 4.96. The van der Waals surface area contributed by atoms with E-state index in [4.69, 9.17) is 0 Å². The molecule has 4 heterocycles. The van der Waals surface area contributed by atoms with Crippen LogP contribution in [0.25, 0.3) is 0 Å². The Hall–Kier alpha value is -2.28. The smallest absolute Gasteiger partial charge is 0.250 e. The lowest BCUT2D eigenvalue weighted by molar-refractivity contribution is 0.198. The summed E-state index contributed by atoms with van der Waals surface area (Å²) in [6, 6.07) is 1.63. The highest BCUT2D eigenvalue weighted by Gasteiger charge is 2.23. The van der Waals surface area contributed by atoms with Crippen molar-refractivity contribution in [2.24, 2.45) is 0 Å². The van der Waals surface area contributed by atoms with Crippen LogP contribution in [-0.4, -0.2) is 51.0 Å². The summed E-state index contributed by atoms with van der Waals surface area (Å²) >= 11 is 0. The molecule has 7 nitrogen and oxygen atoms in total. The van der Waals surface area contributed by atoms with Gasteiger partial charge in [-0.05, 0) is 32.2 Å². The minimum atomic E-state index is -0.0759. The highest BCUT2D eigenvalue weighted by molar-refractivity contribution is 5.31. The fraction of sp³-hybridized carbons (Fsp3) is 0.556. The van der Waals surface area contributed by atoms with Gasteiger partial charge >= 0.3 is 0 Å². The lowest BCUT2D eigenvalue weighted by Crippen LogP contribution is -2.34. The first-order valence-corrected chi connectivity index (χ1v) is 9.11. The van der Waals surface area contributed by atoms with Crippen molar-refractivity contribution in [2.75, 3.05) is 31.1 Å². The first kappa shape index (κ1) is 16.2. The van der Waals surface area contributed by atoms with E-state index in [2.05, 4.69) is 29.7 Å². The second-order valence-electron chi connectivity index (χ2n) is 7.00. The van der Waals surface area contributed by atoms with Crippen LogP contribution < -0.4 is 10.5 Å². The fourth-order valence-corrected chi connectivity index (χ4v) is 3.82. The number of hydrogen-bond acceptors (Lipinski definition) is 6. The van der Waals surface area contributed by atoms with Crippen molar-refractivity contribution in [2.45, 2.75) is 38.1 Å². The summed E-state index contributed by atoms with van der Waals surface area (Å²) in [5.74, 6) is 1.17. The van der Waals surface area contributed by atoms with Crippen LogP contribution in [0.3, 0.4) is 0 Å². The summed E-state index contributed by atoms with van der Waals surface area (Å²) < 4.78 is 0. The van der Waals surface area contributed by atoms with Crippen LogP contribution in [0, 0.1) is 0 Å². The molecule has 0 aliphatic carbocycles. The SMILES string of the molecule is O=c1cc(C2CCCN(Cc3cnc(N4CCCC4)nc3)C2)nc[nH]1. The average molecular weight is 340 g/mol. The molecule has 2 saturated heterocycles. The Kier molecular flexibility index (Phi) is 4.74. The van der Waals surface area contributed by atoms with Crippen LogP contribution in [0.5, 0.6) is 0 Å². The number of rotatable bonds is 4. The minimum Gasteiger partial charge on any atom is -0.341 e. The molecular formula is C18H24N6O. The maximum absolute atomic E-state index is 11.5. The normalized spacial score (nSPS) is 21.6. The zero-order chi connectivity index (χ0) is 17.1. The molecule has 25 heavy (non-hydrogen) atoms. The number of nitrogens with zero attached hydrogens (tertiary/aromatic N) is 5. The Morgan fingerprint density at radius 1 is 1.08 bits per heavy atom. The first-order chi connectivity index (χ1) is 12.3. The summed E-state index contributed by atoms with van der Waals surface area (Å²) in [4.78, 5) is 32.2. The average Bonchev–Trinajstić information content (AvgIpc) is 3.17. The molecule has 0 bridgehead atoms. The molecule has 0 radical (unpaired) electrons. The van der Waals surface area contributed by atoms with Gasteiger partial charge in [-0.15, -0.1) is 0 Å². The monoisotopic (exact) mass is 340 g/mol. The van der Waals surface area contributed by atoms with Crippen LogP contribution in [0.2, 0.25) is 0 Å². The Labute approximate surface area is 147 Å². The summed E-state index contributed by atoms with van der Waals surface area (Å²) in [6.07, 6.45) is 10.1. The predicted molar refractivity (Wildman–Crippen MR) is 95.6 cm³/mol. The van der Waals surface area contributed by atoms with Gasteiger partial charge in [0.1, 0.15) is 0 Å². The highest BCUT2D eigenvalue weighted by Crippen LogP contribution is 2.25. The summed E-state index contributed by atoms with van der Waals surface area (Å²) in [5.41, 5.74) is 1.96. The molecule has 2 aliphatic heterocycles. The van der Waals surface area contributed by atoms with E-state index in [1.165, 1.54) is 19.2 Å². The molecule has 0 saturated carbocycles. The van der Waals surface area contributed by atoms with Crippen molar-refractivity contribution < 1.29 is 0 Å². The van der Waals surface area contributed by atoms with Gasteiger partial charge in [-0.2, -0.15) is 0 Å². The van der Waals surface area contributed by atoms with Crippen molar-refractivity contribution in [1.29, 1.82) is 0 Å². The molecule has 2 aromatic heterocycles. The Bertz CT molecular complexity index is 753. The molecule has 1 N–H and O–H groups in total. The third-order valence-electron chi connectivity index (χ3n) is 5.11. The molecule has 1 unspecified atom stereocenters. The van der Waals surface area contributed by atoms with Crippen LogP contribution >= 0.6 is 0 Å².